The van der Waals surface area contributed by atoms with Crippen LogP contribution in [-0.4, -0.2) is 41.9 Å². The first kappa shape index (κ1) is 15.0. The maximum atomic E-state index is 13.0. The number of benzene rings is 1. The van der Waals surface area contributed by atoms with Crippen molar-refractivity contribution in [2.75, 3.05) is 26.2 Å². The quantitative estimate of drug-likeness (QED) is 0.860. The second-order valence-corrected chi connectivity index (χ2v) is 6.26. The Hall–Kier alpha value is -1.93. The van der Waals surface area contributed by atoms with E-state index in [1.807, 2.05) is 4.90 Å². The lowest BCUT2D eigenvalue weighted by atomic mass is 10.1. The number of carbonyl (C=O) groups excluding carboxylic acids is 1. The van der Waals surface area contributed by atoms with E-state index in [0.29, 0.717) is 32.1 Å². The molecule has 0 aromatic heterocycles. The summed E-state index contributed by atoms with van der Waals surface area (Å²) in [5.41, 5.74) is 0.805. The zero-order valence-electron chi connectivity index (χ0n) is 12.7. The summed E-state index contributed by atoms with van der Waals surface area (Å²) in [6, 6.07) is 8.00. The van der Waals surface area contributed by atoms with E-state index >= 15 is 0 Å². The predicted octanol–water partition coefficient (Wildman–Crippen LogP) is 2.19. The molecule has 1 heterocycles. The third kappa shape index (κ3) is 2.97. The summed E-state index contributed by atoms with van der Waals surface area (Å²) in [7, 11) is 0. The van der Waals surface area contributed by atoms with Gasteiger partial charge in [0.25, 0.3) is 0 Å². The average molecular weight is 301 g/mol. The van der Waals surface area contributed by atoms with Crippen molar-refractivity contribution in [3.05, 3.63) is 35.6 Å². The number of hydrogen-bond donors (Lipinski definition) is 0. The number of rotatable bonds is 3. The summed E-state index contributed by atoms with van der Waals surface area (Å²) in [5, 5.41) is 9.44. The van der Waals surface area contributed by atoms with Crippen LogP contribution in [0.3, 0.4) is 0 Å². The first-order valence-corrected chi connectivity index (χ1v) is 7.78. The second kappa shape index (κ2) is 6.05. The van der Waals surface area contributed by atoms with Gasteiger partial charge in [-0.25, -0.2) is 4.39 Å². The summed E-state index contributed by atoms with van der Waals surface area (Å²) in [5.74, 6) is 0.712. The molecule has 1 saturated heterocycles. The maximum Gasteiger partial charge on any atom is 0.226 e. The van der Waals surface area contributed by atoms with Crippen molar-refractivity contribution >= 4 is 5.91 Å². The molecule has 0 bridgehead atoms. The van der Waals surface area contributed by atoms with Gasteiger partial charge in [-0.05, 0) is 30.0 Å². The Balaban J connectivity index is 1.61. The van der Waals surface area contributed by atoms with Crippen molar-refractivity contribution in [3.63, 3.8) is 0 Å². The largest absolute Gasteiger partial charge is 0.340 e. The molecule has 22 heavy (non-hydrogen) atoms. The van der Waals surface area contributed by atoms with Gasteiger partial charge in [0.05, 0.1) is 6.07 Å². The van der Waals surface area contributed by atoms with Gasteiger partial charge < -0.3 is 4.90 Å². The Morgan fingerprint density at radius 1 is 1.27 bits per heavy atom. The van der Waals surface area contributed by atoms with Gasteiger partial charge in [0.2, 0.25) is 5.91 Å². The minimum absolute atomic E-state index is 0.218. The molecular formula is C17H20FN3O. The van der Waals surface area contributed by atoms with Crippen LogP contribution < -0.4 is 0 Å². The van der Waals surface area contributed by atoms with Crippen LogP contribution in [0.2, 0.25) is 0 Å². The Morgan fingerprint density at radius 3 is 2.36 bits per heavy atom. The molecule has 0 spiro atoms. The Morgan fingerprint density at radius 2 is 1.86 bits per heavy atom. The third-order valence-electron chi connectivity index (χ3n) is 4.73. The predicted molar refractivity (Wildman–Crippen MR) is 80.2 cm³/mol. The number of nitriles is 1. The number of nitrogens with zero attached hydrogens (tertiary/aromatic N) is 3. The van der Waals surface area contributed by atoms with Gasteiger partial charge in [-0.3, -0.25) is 9.69 Å². The van der Waals surface area contributed by atoms with E-state index in [1.54, 1.807) is 12.1 Å². The monoisotopic (exact) mass is 301 g/mol. The molecule has 5 heteroatoms. The maximum absolute atomic E-state index is 13.0. The molecular weight excluding hydrogens is 281 g/mol. The van der Waals surface area contributed by atoms with Crippen molar-refractivity contribution < 1.29 is 9.18 Å². The molecule has 2 fully saturated rings. The lowest BCUT2D eigenvalue weighted by Crippen LogP contribution is -2.50. The minimum atomic E-state index is -0.377. The fourth-order valence-corrected chi connectivity index (χ4v) is 3.11. The Kier molecular flexibility index (Phi) is 4.12. The van der Waals surface area contributed by atoms with E-state index in [0.717, 1.165) is 12.0 Å². The van der Waals surface area contributed by atoms with Crippen LogP contribution in [0.25, 0.3) is 0 Å². The summed E-state index contributed by atoms with van der Waals surface area (Å²) < 4.78 is 13.0. The highest BCUT2D eigenvalue weighted by Gasteiger charge is 2.42. The lowest BCUT2D eigenvalue weighted by molar-refractivity contribution is -0.134. The highest BCUT2D eigenvalue weighted by Crippen LogP contribution is 2.39. The van der Waals surface area contributed by atoms with Crippen LogP contribution in [-0.2, 0) is 4.79 Å². The summed E-state index contributed by atoms with van der Waals surface area (Å²) >= 11 is 0. The topological polar surface area (TPSA) is 47.3 Å². The summed E-state index contributed by atoms with van der Waals surface area (Å²) in [4.78, 5) is 16.2. The summed E-state index contributed by atoms with van der Waals surface area (Å²) in [6.07, 6.45) is 1.01. The molecule has 0 unspecified atom stereocenters. The SMILES string of the molecule is C[C@@H]1C[C@H]1C(=O)N1CCN([C@H](C#N)c2ccc(F)cc2)CC1. The Bertz CT molecular complexity index is 587. The molecule has 3 atom stereocenters. The van der Waals surface area contributed by atoms with Crippen molar-refractivity contribution in [2.45, 2.75) is 19.4 Å². The fourth-order valence-electron chi connectivity index (χ4n) is 3.11. The van der Waals surface area contributed by atoms with Crippen LogP contribution in [0.4, 0.5) is 4.39 Å². The smallest absolute Gasteiger partial charge is 0.226 e. The first-order chi connectivity index (χ1) is 10.6. The molecule has 0 N–H and O–H groups in total. The highest BCUT2D eigenvalue weighted by molar-refractivity contribution is 5.81. The molecule has 0 radical (unpaired) electrons. The van der Waals surface area contributed by atoms with Gasteiger partial charge in [0.15, 0.2) is 0 Å². The molecule has 1 aromatic carbocycles. The van der Waals surface area contributed by atoms with Gasteiger partial charge in [-0.15, -0.1) is 0 Å². The van der Waals surface area contributed by atoms with Crippen molar-refractivity contribution in [1.29, 1.82) is 5.26 Å². The number of piperazine rings is 1. The molecule has 3 rings (SSSR count). The van der Waals surface area contributed by atoms with E-state index in [-0.39, 0.29) is 23.7 Å². The number of hydrogen-bond acceptors (Lipinski definition) is 3. The van der Waals surface area contributed by atoms with E-state index < -0.39 is 0 Å². The van der Waals surface area contributed by atoms with Gasteiger partial charge in [-0.2, -0.15) is 5.26 Å². The molecule has 4 nitrogen and oxygen atoms in total. The van der Waals surface area contributed by atoms with Gasteiger partial charge in [0.1, 0.15) is 11.9 Å². The zero-order valence-corrected chi connectivity index (χ0v) is 12.7. The average Bonchev–Trinajstić information content (AvgIpc) is 3.27. The van der Waals surface area contributed by atoms with E-state index in [4.69, 9.17) is 0 Å². The van der Waals surface area contributed by atoms with Crippen LogP contribution >= 0.6 is 0 Å². The molecule has 1 amide bonds. The standard InChI is InChI=1S/C17H20FN3O/c1-12-10-15(12)17(22)21-8-6-20(7-9-21)16(11-19)13-2-4-14(18)5-3-13/h2-5,12,15-16H,6-10H2,1H3/t12-,15-,16-/m1/s1. The number of halogens is 1. The van der Waals surface area contributed by atoms with Crippen LogP contribution in [0.5, 0.6) is 0 Å². The summed E-state index contributed by atoms with van der Waals surface area (Å²) in [6.45, 7) is 4.81. The molecule has 1 aliphatic heterocycles. The van der Waals surface area contributed by atoms with Crippen molar-refractivity contribution in [3.8, 4) is 6.07 Å². The van der Waals surface area contributed by atoms with E-state index in [2.05, 4.69) is 17.9 Å². The van der Waals surface area contributed by atoms with Gasteiger partial charge >= 0.3 is 0 Å². The van der Waals surface area contributed by atoms with Gasteiger partial charge in [0, 0.05) is 32.1 Å². The first-order valence-electron chi connectivity index (χ1n) is 7.78. The van der Waals surface area contributed by atoms with Crippen LogP contribution in [0, 0.1) is 29.0 Å². The third-order valence-corrected chi connectivity index (χ3v) is 4.73. The highest BCUT2D eigenvalue weighted by atomic mass is 19.1. The molecule has 116 valence electrons. The molecule has 2 aliphatic rings. The zero-order chi connectivity index (χ0) is 15.7. The second-order valence-electron chi connectivity index (χ2n) is 6.26. The number of carbonyl (C=O) groups is 1. The fraction of sp³-hybridized carbons (Fsp3) is 0.529. The lowest BCUT2D eigenvalue weighted by Gasteiger charge is -2.37. The minimum Gasteiger partial charge on any atom is -0.340 e. The Labute approximate surface area is 130 Å². The van der Waals surface area contributed by atoms with Crippen LogP contribution in [0.15, 0.2) is 24.3 Å². The molecule has 1 aromatic rings. The van der Waals surface area contributed by atoms with E-state index in [9.17, 15) is 14.4 Å². The number of amides is 1. The van der Waals surface area contributed by atoms with Gasteiger partial charge in [-0.1, -0.05) is 19.1 Å². The normalized spacial score (nSPS) is 26.3. The van der Waals surface area contributed by atoms with Crippen LogP contribution in [0.1, 0.15) is 24.9 Å². The van der Waals surface area contributed by atoms with Crippen molar-refractivity contribution in [2.24, 2.45) is 11.8 Å². The van der Waals surface area contributed by atoms with E-state index in [1.165, 1.54) is 12.1 Å². The van der Waals surface area contributed by atoms with Crippen molar-refractivity contribution in [1.82, 2.24) is 9.80 Å². The molecule has 1 aliphatic carbocycles. The molecule has 1 saturated carbocycles.